The van der Waals surface area contributed by atoms with E-state index in [2.05, 4.69) is 15.1 Å². The fourth-order valence-corrected chi connectivity index (χ4v) is 3.51. The number of aromatic nitrogens is 3. The van der Waals surface area contributed by atoms with Crippen LogP contribution >= 0.6 is 11.3 Å². The molecule has 0 aliphatic heterocycles. The number of benzene rings is 1. The number of carbonyl (C=O) groups is 1. The van der Waals surface area contributed by atoms with Crippen LogP contribution in [0.4, 0.5) is 0 Å². The highest BCUT2D eigenvalue weighted by molar-refractivity contribution is 7.15. The van der Waals surface area contributed by atoms with E-state index in [1.54, 1.807) is 35.7 Å². The number of nitrogens with zero attached hydrogens (tertiary/aromatic N) is 3. The molecule has 0 unspecified atom stereocenters. The molecule has 0 atom stereocenters. The average molecular weight is 407 g/mol. The molecule has 0 N–H and O–H groups in total. The summed E-state index contributed by atoms with van der Waals surface area (Å²) in [6.45, 7) is 2.39. The summed E-state index contributed by atoms with van der Waals surface area (Å²) in [5.41, 5.74) is 2.31. The molecule has 0 amide bonds. The zero-order valence-electron chi connectivity index (χ0n) is 15.6. The first-order valence-electron chi connectivity index (χ1n) is 8.86. The van der Waals surface area contributed by atoms with Crippen LogP contribution < -0.4 is 9.47 Å². The van der Waals surface area contributed by atoms with Gasteiger partial charge in [0.2, 0.25) is 5.88 Å². The molecular weight excluding hydrogens is 390 g/mol. The van der Waals surface area contributed by atoms with E-state index < -0.39 is 0 Å². The Bertz CT molecular complexity index is 1110. The second kappa shape index (κ2) is 8.66. The van der Waals surface area contributed by atoms with E-state index in [0.29, 0.717) is 23.5 Å². The van der Waals surface area contributed by atoms with Gasteiger partial charge in [-0.25, -0.2) is 9.97 Å². The lowest BCUT2D eigenvalue weighted by atomic mass is 10.2. The van der Waals surface area contributed by atoms with Crippen LogP contribution in [-0.4, -0.2) is 21.4 Å². The monoisotopic (exact) mass is 407 g/mol. The lowest BCUT2D eigenvalue weighted by Crippen LogP contribution is -1.99. The second-order valence-corrected chi connectivity index (χ2v) is 7.32. The van der Waals surface area contributed by atoms with Crippen molar-refractivity contribution in [1.82, 2.24) is 15.1 Å². The van der Waals surface area contributed by atoms with E-state index in [9.17, 15) is 4.79 Å². The summed E-state index contributed by atoms with van der Waals surface area (Å²) in [5, 5.41) is 4.85. The standard InChI is InChI=1S/C21H17N3O4S/c1-14-18(23-21(29-14)15-6-3-2-4-7-15)13-26-19-10-17(28-24-19)12-27-20-16(11-25)8-5-9-22-20/h2-11H,12-13H2,1H3. The van der Waals surface area contributed by atoms with Crippen molar-refractivity contribution in [3.8, 4) is 22.3 Å². The number of carbonyl (C=O) groups excluding carboxylic acids is 1. The number of aryl methyl sites for hydroxylation is 1. The number of hydrogen-bond donors (Lipinski definition) is 0. The van der Waals surface area contributed by atoms with Crippen molar-refractivity contribution in [3.63, 3.8) is 0 Å². The Morgan fingerprint density at radius 3 is 2.79 bits per heavy atom. The highest BCUT2D eigenvalue weighted by atomic mass is 32.1. The summed E-state index contributed by atoms with van der Waals surface area (Å²) in [7, 11) is 0. The molecule has 29 heavy (non-hydrogen) atoms. The minimum atomic E-state index is 0.0854. The maximum absolute atomic E-state index is 11.0. The van der Waals surface area contributed by atoms with Gasteiger partial charge in [-0.2, -0.15) is 0 Å². The molecule has 0 spiro atoms. The minimum absolute atomic E-state index is 0.0854. The Morgan fingerprint density at radius 2 is 1.97 bits per heavy atom. The quantitative estimate of drug-likeness (QED) is 0.398. The summed E-state index contributed by atoms with van der Waals surface area (Å²) < 4.78 is 16.5. The largest absolute Gasteiger partial charge is 0.469 e. The normalized spacial score (nSPS) is 10.7. The molecule has 1 aromatic carbocycles. The summed E-state index contributed by atoms with van der Waals surface area (Å²) in [4.78, 5) is 20.8. The molecule has 3 aromatic heterocycles. The minimum Gasteiger partial charge on any atom is -0.469 e. The number of pyridine rings is 1. The van der Waals surface area contributed by atoms with E-state index in [1.165, 1.54) is 0 Å². The molecule has 0 aliphatic carbocycles. The van der Waals surface area contributed by atoms with Crippen LogP contribution in [0.3, 0.4) is 0 Å². The molecule has 146 valence electrons. The molecule has 4 rings (SSSR count). The summed E-state index contributed by atoms with van der Waals surface area (Å²) in [6, 6.07) is 15.0. The molecule has 0 aliphatic rings. The van der Waals surface area contributed by atoms with Crippen LogP contribution in [0.2, 0.25) is 0 Å². The molecule has 8 heteroatoms. The second-order valence-electron chi connectivity index (χ2n) is 6.11. The summed E-state index contributed by atoms with van der Waals surface area (Å²) in [6.07, 6.45) is 2.24. The first kappa shape index (κ1) is 18.8. The smallest absolute Gasteiger partial charge is 0.254 e. The third-order valence-electron chi connectivity index (χ3n) is 4.09. The topological polar surface area (TPSA) is 87.3 Å². The van der Waals surface area contributed by atoms with Crippen molar-refractivity contribution in [3.05, 3.63) is 76.6 Å². The number of ether oxygens (including phenoxy) is 2. The third kappa shape index (κ3) is 4.49. The lowest BCUT2D eigenvalue weighted by molar-refractivity contribution is 0.111. The maximum atomic E-state index is 11.0. The Labute approximate surface area is 170 Å². The van der Waals surface area contributed by atoms with Crippen molar-refractivity contribution in [1.29, 1.82) is 0 Å². The summed E-state index contributed by atoms with van der Waals surface area (Å²) in [5.74, 6) is 1.05. The van der Waals surface area contributed by atoms with Gasteiger partial charge >= 0.3 is 0 Å². The van der Waals surface area contributed by atoms with Crippen LogP contribution in [0.1, 0.15) is 26.7 Å². The van der Waals surface area contributed by atoms with E-state index in [0.717, 1.165) is 21.1 Å². The van der Waals surface area contributed by atoms with Gasteiger partial charge in [-0.15, -0.1) is 11.3 Å². The van der Waals surface area contributed by atoms with E-state index in [-0.39, 0.29) is 19.1 Å². The molecule has 4 aromatic rings. The van der Waals surface area contributed by atoms with E-state index in [4.69, 9.17) is 14.0 Å². The van der Waals surface area contributed by atoms with Gasteiger partial charge in [-0.05, 0) is 24.2 Å². The molecule has 0 saturated carbocycles. The van der Waals surface area contributed by atoms with Gasteiger partial charge < -0.3 is 14.0 Å². The molecule has 7 nitrogen and oxygen atoms in total. The molecule has 3 heterocycles. The molecule has 0 saturated heterocycles. The fourth-order valence-electron chi connectivity index (χ4n) is 2.59. The Kier molecular flexibility index (Phi) is 5.62. The van der Waals surface area contributed by atoms with E-state index in [1.807, 2.05) is 37.3 Å². The van der Waals surface area contributed by atoms with Gasteiger partial charge in [-0.1, -0.05) is 30.3 Å². The van der Waals surface area contributed by atoms with Crippen molar-refractivity contribution < 1.29 is 18.8 Å². The number of aldehydes is 1. The maximum Gasteiger partial charge on any atom is 0.254 e. The number of hydrogen-bond acceptors (Lipinski definition) is 8. The van der Waals surface area contributed by atoms with Crippen LogP contribution in [0.25, 0.3) is 10.6 Å². The number of rotatable bonds is 8. The van der Waals surface area contributed by atoms with Gasteiger partial charge in [0.15, 0.2) is 18.7 Å². The van der Waals surface area contributed by atoms with Crippen molar-refractivity contribution in [2.75, 3.05) is 0 Å². The highest BCUT2D eigenvalue weighted by Gasteiger charge is 2.12. The van der Waals surface area contributed by atoms with Crippen LogP contribution in [0, 0.1) is 6.92 Å². The van der Waals surface area contributed by atoms with Gasteiger partial charge in [0.05, 0.1) is 11.3 Å². The Balaban J connectivity index is 1.36. The average Bonchev–Trinajstić information content (AvgIpc) is 3.38. The molecule has 0 bridgehead atoms. The molecule has 0 radical (unpaired) electrons. The van der Waals surface area contributed by atoms with Gasteiger partial charge in [0.25, 0.3) is 5.88 Å². The van der Waals surface area contributed by atoms with Crippen LogP contribution in [0.5, 0.6) is 11.8 Å². The van der Waals surface area contributed by atoms with Gasteiger partial charge in [-0.3, -0.25) is 4.79 Å². The Hall–Kier alpha value is -3.52. The van der Waals surface area contributed by atoms with Gasteiger partial charge in [0.1, 0.15) is 11.6 Å². The van der Waals surface area contributed by atoms with Crippen molar-refractivity contribution >= 4 is 17.6 Å². The van der Waals surface area contributed by atoms with E-state index >= 15 is 0 Å². The van der Waals surface area contributed by atoms with Crippen LogP contribution in [-0.2, 0) is 13.2 Å². The Morgan fingerprint density at radius 1 is 1.10 bits per heavy atom. The predicted octanol–water partition coefficient (Wildman–Crippen LogP) is 4.47. The highest BCUT2D eigenvalue weighted by Crippen LogP contribution is 2.28. The van der Waals surface area contributed by atoms with Crippen molar-refractivity contribution in [2.24, 2.45) is 0 Å². The molecular formula is C21H17N3O4S. The van der Waals surface area contributed by atoms with Crippen LogP contribution in [0.15, 0.2) is 59.3 Å². The molecule has 0 fully saturated rings. The lowest BCUT2D eigenvalue weighted by Gasteiger charge is -2.03. The van der Waals surface area contributed by atoms with Gasteiger partial charge in [0, 0.05) is 22.7 Å². The fraction of sp³-hybridized carbons (Fsp3) is 0.143. The SMILES string of the molecule is Cc1sc(-c2ccccc2)nc1COc1cc(COc2ncccc2C=O)on1. The number of thiazole rings is 1. The first-order chi connectivity index (χ1) is 14.2. The first-order valence-corrected chi connectivity index (χ1v) is 9.67. The zero-order chi connectivity index (χ0) is 20.1. The van der Waals surface area contributed by atoms with Crippen molar-refractivity contribution in [2.45, 2.75) is 20.1 Å². The third-order valence-corrected chi connectivity index (χ3v) is 5.15. The zero-order valence-corrected chi connectivity index (χ0v) is 16.4. The summed E-state index contributed by atoms with van der Waals surface area (Å²) >= 11 is 1.63. The predicted molar refractivity (Wildman–Crippen MR) is 107 cm³/mol.